The molecule has 2 heterocycles. The quantitative estimate of drug-likeness (QED) is 0.204. The summed E-state index contributed by atoms with van der Waals surface area (Å²) in [7, 11) is 0. The van der Waals surface area contributed by atoms with E-state index in [2.05, 4.69) is 143 Å². The van der Waals surface area contributed by atoms with E-state index in [4.69, 9.17) is 9.40 Å². The SMILES string of the molecule is c1ccc(-c2nc3c(N(c4ccccc4)c4ccc5c6ccccc6n(-c6ccccc6)c5c4)cc4ccccc4c3o2)cc1. The van der Waals surface area contributed by atoms with E-state index < -0.39 is 0 Å². The van der Waals surface area contributed by atoms with Crippen LogP contribution in [-0.4, -0.2) is 9.55 Å². The Hall–Kier alpha value is -6.13. The van der Waals surface area contributed by atoms with Gasteiger partial charge in [0.2, 0.25) is 5.89 Å². The first-order valence-electron chi connectivity index (χ1n) is 15.1. The predicted molar refractivity (Wildman–Crippen MR) is 186 cm³/mol. The monoisotopic (exact) mass is 577 g/mol. The average Bonchev–Trinajstić information content (AvgIpc) is 3.70. The summed E-state index contributed by atoms with van der Waals surface area (Å²) in [6, 6.07) is 57.2. The topological polar surface area (TPSA) is 34.2 Å². The molecule has 7 aromatic carbocycles. The second kappa shape index (κ2) is 10.2. The number of hydrogen-bond acceptors (Lipinski definition) is 3. The van der Waals surface area contributed by atoms with Gasteiger partial charge in [0.25, 0.3) is 0 Å². The number of anilines is 3. The van der Waals surface area contributed by atoms with Crippen molar-refractivity contribution in [1.82, 2.24) is 9.55 Å². The second-order valence-electron chi connectivity index (χ2n) is 11.2. The Labute approximate surface area is 260 Å². The van der Waals surface area contributed by atoms with Gasteiger partial charge in [-0.2, -0.15) is 0 Å². The van der Waals surface area contributed by atoms with Crippen LogP contribution in [0.15, 0.2) is 168 Å². The van der Waals surface area contributed by atoms with Crippen molar-refractivity contribution in [3.05, 3.63) is 164 Å². The summed E-state index contributed by atoms with van der Waals surface area (Å²) >= 11 is 0. The Kier molecular flexibility index (Phi) is 5.78. The van der Waals surface area contributed by atoms with Crippen LogP contribution in [-0.2, 0) is 0 Å². The highest BCUT2D eigenvalue weighted by Gasteiger charge is 2.23. The van der Waals surface area contributed by atoms with Crippen molar-refractivity contribution in [2.24, 2.45) is 0 Å². The molecule has 0 radical (unpaired) electrons. The third kappa shape index (κ3) is 4.11. The molecule has 0 aliphatic heterocycles. The molecule has 9 rings (SSSR count). The lowest BCUT2D eigenvalue weighted by molar-refractivity contribution is 0.623. The van der Waals surface area contributed by atoms with Crippen LogP contribution in [0.4, 0.5) is 17.1 Å². The lowest BCUT2D eigenvalue weighted by atomic mass is 10.1. The van der Waals surface area contributed by atoms with Crippen molar-refractivity contribution in [2.45, 2.75) is 0 Å². The van der Waals surface area contributed by atoms with Crippen molar-refractivity contribution in [3.8, 4) is 17.1 Å². The van der Waals surface area contributed by atoms with Crippen molar-refractivity contribution in [2.75, 3.05) is 4.90 Å². The van der Waals surface area contributed by atoms with Crippen LogP contribution >= 0.6 is 0 Å². The van der Waals surface area contributed by atoms with Gasteiger partial charge in [0.05, 0.1) is 16.7 Å². The lowest BCUT2D eigenvalue weighted by Gasteiger charge is -2.26. The van der Waals surface area contributed by atoms with Gasteiger partial charge in [0, 0.05) is 38.8 Å². The minimum Gasteiger partial charge on any atom is -0.435 e. The number of nitrogens with zero attached hydrogens (tertiary/aromatic N) is 3. The van der Waals surface area contributed by atoms with E-state index in [1.807, 2.05) is 30.3 Å². The Balaban J connectivity index is 1.35. The summed E-state index contributed by atoms with van der Waals surface area (Å²) in [5.74, 6) is 0.607. The molecule has 4 heteroatoms. The van der Waals surface area contributed by atoms with Gasteiger partial charge in [-0.3, -0.25) is 0 Å². The number of oxazole rings is 1. The first-order chi connectivity index (χ1) is 22.3. The van der Waals surface area contributed by atoms with E-state index in [0.29, 0.717) is 5.89 Å². The highest BCUT2D eigenvalue weighted by atomic mass is 16.3. The summed E-state index contributed by atoms with van der Waals surface area (Å²) in [4.78, 5) is 7.46. The molecule has 9 aromatic rings. The van der Waals surface area contributed by atoms with Gasteiger partial charge in [-0.05, 0) is 66.0 Å². The molecule has 212 valence electrons. The van der Waals surface area contributed by atoms with Crippen LogP contribution in [0.3, 0.4) is 0 Å². The zero-order chi connectivity index (χ0) is 29.7. The number of benzene rings is 7. The van der Waals surface area contributed by atoms with Gasteiger partial charge in [-0.15, -0.1) is 0 Å². The molecule has 0 aliphatic carbocycles. The molecule has 0 saturated heterocycles. The first-order valence-corrected chi connectivity index (χ1v) is 15.1. The maximum absolute atomic E-state index is 6.58. The molecule has 0 atom stereocenters. The van der Waals surface area contributed by atoms with Crippen molar-refractivity contribution in [3.63, 3.8) is 0 Å². The smallest absolute Gasteiger partial charge is 0.227 e. The van der Waals surface area contributed by atoms with Crippen LogP contribution in [0.5, 0.6) is 0 Å². The minimum atomic E-state index is 0.607. The van der Waals surface area contributed by atoms with Crippen molar-refractivity contribution in [1.29, 1.82) is 0 Å². The van der Waals surface area contributed by atoms with Gasteiger partial charge in [0.15, 0.2) is 5.58 Å². The fourth-order valence-corrected chi connectivity index (χ4v) is 6.55. The highest BCUT2D eigenvalue weighted by Crippen LogP contribution is 2.44. The van der Waals surface area contributed by atoms with Crippen LogP contribution in [0.2, 0.25) is 0 Å². The molecule has 0 saturated carbocycles. The van der Waals surface area contributed by atoms with Crippen LogP contribution in [0.1, 0.15) is 0 Å². The summed E-state index contributed by atoms with van der Waals surface area (Å²) in [5.41, 5.74) is 9.04. The zero-order valence-corrected chi connectivity index (χ0v) is 24.3. The van der Waals surface area contributed by atoms with Gasteiger partial charge < -0.3 is 13.9 Å². The predicted octanol–water partition coefficient (Wildman–Crippen LogP) is 11.2. The molecular weight excluding hydrogens is 550 g/mol. The average molecular weight is 578 g/mol. The van der Waals surface area contributed by atoms with Crippen LogP contribution in [0, 0.1) is 0 Å². The summed E-state index contributed by atoms with van der Waals surface area (Å²) in [5, 5.41) is 4.57. The maximum Gasteiger partial charge on any atom is 0.227 e. The number of para-hydroxylation sites is 3. The Morgan fingerprint density at radius 2 is 1.16 bits per heavy atom. The van der Waals surface area contributed by atoms with Crippen molar-refractivity contribution < 1.29 is 4.42 Å². The summed E-state index contributed by atoms with van der Waals surface area (Å²) in [6.07, 6.45) is 0. The van der Waals surface area contributed by atoms with Crippen LogP contribution < -0.4 is 4.90 Å². The standard InChI is InChI=1S/C41H27N3O/c1-4-14-28(15-5-1)41-42-39-38(26-29-16-10-11-21-33(29)40(39)45-41)43(30-17-6-2-7-18-30)32-24-25-35-34-22-12-13-23-36(34)44(37(35)27-32)31-19-8-3-9-20-31/h1-27H. The van der Waals surface area contributed by atoms with E-state index >= 15 is 0 Å². The van der Waals surface area contributed by atoms with Gasteiger partial charge in [-0.1, -0.05) is 103 Å². The first kappa shape index (κ1) is 25.4. The molecular formula is C41H27N3O. The fraction of sp³-hybridized carbons (Fsp3) is 0. The Morgan fingerprint density at radius 1 is 0.511 bits per heavy atom. The fourth-order valence-electron chi connectivity index (χ4n) is 6.55. The van der Waals surface area contributed by atoms with Crippen molar-refractivity contribution >= 4 is 60.7 Å². The summed E-state index contributed by atoms with van der Waals surface area (Å²) < 4.78 is 8.93. The number of fused-ring (bicyclic) bond motifs is 6. The summed E-state index contributed by atoms with van der Waals surface area (Å²) in [6.45, 7) is 0. The molecule has 0 fully saturated rings. The van der Waals surface area contributed by atoms with E-state index in [1.165, 1.54) is 16.3 Å². The largest absolute Gasteiger partial charge is 0.435 e. The van der Waals surface area contributed by atoms with Gasteiger partial charge >= 0.3 is 0 Å². The number of hydrogen-bond donors (Lipinski definition) is 0. The van der Waals surface area contributed by atoms with E-state index in [9.17, 15) is 0 Å². The molecule has 0 aliphatic rings. The second-order valence-corrected chi connectivity index (χ2v) is 11.2. The zero-order valence-electron chi connectivity index (χ0n) is 24.3. The molecule has 0 unspecified atom stereocenters. The van der Waals surface area contributed by atoms with Crippen LogP contribution in [0.25, 0.3) is 60.8 Å². The lowest BCUT2D eigenvalue weighted by Crippen LogP contribution is -2.11. The minimum absolute atomic E-state index is 0.607. The maximum atomic E-state index is 6.58. The normalized spacial score (nSPS) is 11.6. The Bertz CT molecular complexity index is 2480. The van der Waals surface area contributed by atoms with Gasteiger partial charge in [-0.25, -0.2) is 4.98 Å². The highest BCUT2D eigenvalue weighted by molar-refractivity contribution is 6.13. The van der Waals surface area contributed by atoms with Gasteiger partial charge in [0.1, 0.15) is 5.52 Å². The number of rotatable bonds is 5. The third-order valence-corrected chi connectivity index (χ3v) is 8.57. The Morgan fingerprint density at radius 3 is 1.96 bits per heavy atom. The van der Waals surface area contributed by atoms with E-state index in [0.717, 1.165) is 55.7 Å². The van der Waals surface area contributed by atoms with E-state index in [1.54, 1.807) is 0 Å². The number of aromatic nitrogens is 2. The molecule has 2 aromatic heterocycles. The molecule has 0 N–H and O–H groups in total. The molecule has 0 spiro atoms. The molecule has 4 nitrogen and oxygen atoms in total. The third-order valence-electron chi connectivity index (χ3n) is 8.57. The molecule has 45 heavy (non-hydrogen) atoms. The molecule has 0 amide bonds. The molecule has 0 bridgehead atoms. The van der Waals surface area contributed by atoms with E-state index in [-0.39, 0.29) is 0 Å².